The number of nitrogens with one attached hydrogen (secondary N) is 1. The summed E-state index contributed by atoms with van der Waals surface area (Å²) >= 11 is 1.71. The minimum Gasteiger partial charge on any atom is -0.497 e. The molecule has 1 aromatic heterocycles. The quantitative estimate of drug-likeness (QED) is 0.900. The van der Waals surface area contributed by atoms with E-state index < -0.39 is 0 Å². The zero-order valence-corrected chi connectivity index (χ0v) is 12.6. The van der Waals surface area contributed by atoms with Gasteiger partial charge in [0.15, 0.2) is 0 Å². The van der Waals surface area contributed by atoms with Crippen LogP contribution in [0, 0.1) is 6.92 Å². The fourth-order valence-corrected chi connectivity index (χ4v) is 2.99. The first kappa shape index (κ1) is 14.0. The van der Waals surface area contributed by atoms with Gasteiger partial charge >= 0.3 is 0 Å². The second kappa shape index (κ2) is 6.17. The standard InChI is InChI=1S/C15H20N2OS/c1-10(13-5-7-14(18-4)8-6-13)17-12(3)15-11(2)16-9-19-15/h5-10,12,17H,1-4H3. The number of rotatable bonds is 5. The number of aryl methyl sites for hydroxylation is 1. The lowest BCUT2D eigenvalue weighted by molar-refractivity contribution is 0.414. The second-order valence-electron chi connectivity index (χ2n) is 4.69. The van der Waals surface area contributed by atoms with Crippen molar-refractivity contribution in [3.63, 3.8) is 0 Å². The number of aromatic nitrogens is 1. The maximum Gasteiger partial charge on any atom is 0.118 e. The Morgan fingerprint density at radius 3 is 2.37 bits per heavy atom. The van der Waals surface area contributed by atoms with Gasteiger partial charge in [0.2, 0.25) is 0 Å². The van der Waals surface area contributed by atoms with Gasteiger partial charge < -0.3 is 10.1 Å². The molecule has 1 heterocycles. The highest BCUT2D eigenvalue weighted by Crippen LogP contribution is 2.25. The van der Waals surface area contributed by atoms with E-state index in [2.05, 4.69) is 43.2 Å². The van der Waals surface area contributed by atoms with Crippen molar-refractivity contribution in [1.82, 2.24) is 10.3 Å². The maximum atomic E-state index is 5.18. The highest BCUT2D eigenvalue weighted by atomic mass is 32.1. The largest absolute Gasteiger partial charge is 0.497 e. The molecule has 0 aliphatic heterocycles. The van der Waals surface area contributed by atoms with Crippen LogP contribution in [0.5, 0.6) is 5.75 Å². The van der Waals surface area contributed by atoms with Gasteiger partial charge in [-0.1, -0.05) is 12.1 Å². The van der Waals surface area contributed by atoms with Gasteiger partial charge in [-0.2, -0.15) is 0 Å². The van der Waals surface area contributed by atoms with Crippen molar-refractivity contribution in [3.05, 3.63) is 45.9 Å². The van der Waals surface area contributed by atoms with Crippen LogP contribution in [0.3, 0.4) is 0 Å². The van der Waals surface area contributed by atoms with Crippen LogP contribution in [-0.4, -0.2) is 12.1 Å². The van der Waals surface area contributed by atoms with E-state index in [0.717, 1.165) is 11.4 Å². The average molecular weight is 276 g/mol. The Morgan fingerprint density at radius 2 is 1.84 bits per heavy atom. The van der Waals surface area contributed by atoms with Crippen LogP contribution < -0.4 is 10.1 Å². The minimum absolute atomic E-state index is 0.294. The van der Waals surface area contributed by atoms with Crippen LogP contribution in [0.2, 0.25) is 0 Å². The molecule has 1 aromatic carbocycles. The molecule has 2 aromatic rings. The van der Waals surface area contributed by atoms with Crippen LogP contribution in [0.15, 0.2) is 29.8 Å². The average Bonchev–Trinajstić information content (AvgIpc) is 2.85. The van der Waals surface area contributed by atoms with Gasteiger partial charge in [-0.3, -0.25) is 0 Å². The molecule has 0 saturated heterocycles. The van der Waals surface area contributed by atoms with E-state index in [9.17, 15) is 0 Å². The fourth-order valence-electron chi connectivity index (χ4n) is 2.17. The van der Waals surface area contributed by atoms with Gasteiger partial charge in [0.05, 0.1) is 18.3 Å². The maximum absolute atomic E-state index is 5.18. The molecule has 0 fully saturated rings. The zero-order chi connectivity index (χ0) is 13.8. The normalized spacial score (nSPS) is 14.1. The summed E-state index contributed by atoms with van der Waals surface area (Å²) in [5.41, 5.74) is 4.28. The molecule has 0 aliphatic rings. The number of methoxy groups -OCH3 is 1. The molecule has 1 N–H and O–H groups in total. The van der Waals surface area contributed by atoms with Crippen molar-refractivity contribution in [1.29, 1.82) is 0 Å². The molecule has 0 saturated carbocycles. The smallest absolute Gasteiger partial charge is 0.118 e. The van der Waals surface area contributed by atoms with Crippen molar-refractivity contribution in [2.75, 3.05) is 7.11 Å². The SMILES string of the molecule is COc1ccc(C(C)NC(C)c2scnc2C)cc1. The van der Waals surface area contributed by atoms with Crippen molar-refractivity contribution < 1.29 is 4.74 Å². The molecule has 0 radical (unpaired) electrons. The summed E-state index contributed by atoms with van der Waals surface area (Å²) in [7, 11) is 1.69. The summed E-state index contributed by atoms with van der Waals surface area (Å²) in [5, 5.41) is 3.61. The van der Waals surface area contributed by atoms with E-state index >= 15 is 0 Å². The number of ether oxygens (including phenoxy) is 1. The highest BCUT2D eigenvalue weighted by molar-refractivity contribution is 7.09. The van der Waals surface area contributed by atoms with E-state index in [1.165, 1.54) is 10.4 Å². The van der Waals surface area contributed by atoms with Gasteiger partial charge in [-0.05, 0) is 38.5 Å². The molecule has 0 aliphatic carbocycles. The molecule has 2 atom stereocenters. The van der Waals surface area contributed by atoms with E-state index in [-0.39, 0.29) is 0 Å². The van der Waals surface area contributed by atoms with Crippen LogP contribution in [-0.2, 0) is 0 Å². The summed E-state index contributed by atoms with van der Waals surface area (Å²) in [6.07, 6.45) is 0. The summed E-state index contributed by atoms with van der Waals surface area (Å²) < 4.78 is 5.18. The lowest BCUT2D eigenvalue weighted by atomic mass is 10.1. The second-order valence-corrected chi connectivity index (χ2v) is 5.57. The molecule has 2 unspecified atom stereocenters. The Hall–Kier alpha value is -1.39. The predicted octanol–water partition coefficient (Wildman–Crippen LogP) is 3.87. The van der Waals surface area contributed by atoms with Crippen molar-refractivity contribution in [3.8, 4) is 5.75 Å². The zero-order valence-electron chi connectivity index (χ0n) is 11.8. The Morgan fingerprint density at radius 1 is 1.16 bits per heavy atom. The van der Waals surface area contributed by atoms with E-state index in [4.69, 9.17) is 4.74 Å². The van der Waals surface area contributed by atoms with Crippen LogP contribution in [0.1, 0.15) is 42.1 Å². The molecular formula is C15H20N2OS. The van der Waals surface area contributed by atoms with Crippen molar-refractivity contribution in [2.45, 2.75) is 32.9 Å². The van der Waals surface area contributed by atoms with Crippen LogP contribution >= 0.6 is 11.3 Å². The van der Waals surface area contributed by atoms with E-state index in [1.807, 2.05) is 17.6 Å². The monoisotopic (exact) mass is 276 g/mol. The third-order valence-electron chi connectivity index (χ3n) is 3.29. The molecule has 3 nitrogen and oxygen atoms in total. The predicted molar refractivity (Wildman–Crippen MR) is 79.8 cm³/mol. The highest BCUT2D eigenvalue weighted by Gasteiger charge is 2.14. The Kier molecular flexibility index (Phi) is 4.56. The number of nitrogens with zero attached hydrogens (tertiary/aromatic N) is 1. The molecule has 0 bridgehead atoms. The summed E-state index contributed by atoms with van der Waals surface area (Å²) in [6.45, 7) is 6.41. The van der Waals surface area contributed by atoms with Crippen LogP contribution in [0.25, 0.3) is 0 Å². The number of benzene rings is 1. The third-order valence-corrected chi connectivity index (χ3v) is 4.41. The first-order valence-corrected chi connectivity index (χ1v) is 7.29. The Labute approximate surface area is 118 Å². The van der Waals surface area contributed by atoms with Gasteiger partial charge in [0.1, 0.15) is 5.75 Å². The van der Waals surface area contributed by atoms with Crippen molar-refractivity contribution in [2.24, 2.45) is 0 Å². The Bertz CT molecular complexity index is 521. The summed E-state index contributed by atoms with van der Waals surface area (Å²) in [6, 6.07) is 8.80. The number of hydrogen-bond acceptors (Lipinski definition) is 4. The molecule has 2 rings (SSSR count). The minimum atomic E-state index is 0.294. The first-order chi connectivity index (χ1) is 9.11. The van der Waals surface area contributed by atoms with Gasteiger partial charge in [-0.15, -0.1) is 11.3 Å². The summed E-state index contributed by atoms with van der Waals surface area (Å²) in [4.78, 5) is 5.61. The number of hydrogen-bond donors (Lipinski definition) is 1. The fraction of sp³-hybridized carbons (Fsp3) is 0.400. The van der Waals surface area contributed by atoms with Crippen LogP contribution in [0.4, 0.5) is 0 Å². The molecular weight excluding hydrogens is 256 g/mol. The first-order valence-electron chi connectivity index (χ1n) is 6.41. The van der Waals surface area contributed by atoms with Crippen molar-refractivity contribution >= 4 is 11.3 Å². The van der Waals surface area contributed by atoms with E-state index in [1.54, 1.807) is 18.4 Å². The van der Waals surface area contributed by atoms with E-state index in [0.29, 0.717) is 12.1 Å². The van der Waals surface area contributed by atoms with Gasteiger partial charge in [0.25, 0.3) is 0 Å². The molecule has 4 heteroatoms. The molecule has 0 spiro atoms. The Balaban J connectivity index is 2.04. The van der Waals surface area contributed by atoms with Gasteiger partial charge in [0, 0.05) is 17.0 Å². The molecule has 102 valence electrons. The molecule has 0 amide bonds. The lowest BCUT2D eigenvalue weighted by Crippen LogP contribution is -2.22. The molecule has 19 heavy (non-hydrogen) atoms. The number of thiazole rings is 1. The topological polar surface area (TPSA) is 34.1 Å². The van der Waals surface area contributed by atoms with Gasteiger partial charge in [-0.25, -0.2) is 4.98 Å². The lowest BCUT2D eigenvalue weighted by Gasteiger charge is -2.20. The third kappa shape index (κ3) is 3.33. The summed E-state index contributed by atoms with van der Waals surface area (Å²) in [5.74, 6) is 0.891.